The number of guanidine groups is 1. The van der Waals surface area contributed by atoms with Crippen molar-refractivity contribution in [3.8, 4) is 0 Å². The van der Waals surface area contributed by atoms with Gasteiger partial charge in [-0.1, -0.05) is 0 Å². The Kier molecular flexibility index (Phi) is 7.77. The lowest BCUT2D eigenvalue weighted by atomic mass is 10.1. The van der Waals surface area contributed by atoms with E-state index in [-0.39, 0.29) is 12.2 Å². The Balaban J connectivity index is 1.70. The molecule has 0 radical (unpaired) electrons. The number of hydrogen-bond acceptors (Lipinski definition) is 4. The molecule has 0 spiro atoms. The lowest BCUT2D eigenvalue weighted by Crippen LogP contribution is -2.53. The highest BCUT2D eigenvalue weighted by molar-refractivity contribution is 5.80. The van der Waals surface area contributed by atoms with Gasteiger partial charge in [0.25, 0.3) is 0 Å². The molecular weight excluding hydrogens is 337 g/mol. The molecule has 0 aromatic carbocycles. The van der Waals surface area contributed by atoms with Crippen LogP contribution in [0.5, 0.6) is 0 Å². The average molecular weight is 366 g/mol. The van der Waals surface area contributed by atoms with Crippen LogP contribution in [0, 0.1) is 0 Å². The van der Waals surface area contributed by atoms with Crippen molar-refractivity contribution in [1.29, 1.82) is 0 Å². The summed E-state index contributed by atoms with van der Waals surface area (Å²) in [5.41, 5.74) is 0. The molecule has 0 saturated carbocycles. The van der Waals surface area contributed by atoms with Crippen molar-refractivity contribution in [2.24, 2.45) is 4.99 Å². The maximum Gasteiger partial charge on any atom is 0.401 e. The summed E-state index contributed by atoms with van der Waals surface area (Å²) in [5, 5.41) is 3.24. The first-order chi connectivity index (χ1) is 11.9. The molecule has 0 aromatic heterocycles. The second-order valence-corrected chi connectivity index (χ2v) is 6.59. The predicted octanol–water partition coefficient (Wildman–Crippen LogP) is 1.33. The van der Waals surface area contributed by atoms with Gasteiger partial charge in [-0.25, -0.2) is 0 Å². The van der Waals surface area contributed by atoms with Crippen LogP contribution in [0.1, 0.15) is 19.3 Å². The van der Waals surface area contributed by atoms with E-state index in [4.69, 9.17) is 9.47 Å². The highest BCUT2D eigenvalue weighted by Gasteiger charge is 2.32. The zero-order valence-corrected chi connectivity index (χ0v) is 15.0. The van der Waals surface area contributed by atoms with Crippen molar-refractivity contribution in [2.75, 3.05) is 60.0 Å². The summed E-state index contributed by atoms with van der Waals surface area (Å²) >= 11 is 0. The number of aliphatic imine (C=N–C) groups is 1. The lowest BCUT2D eigenvalue weighted by Gasteiger charge is -2.37. The highest BCUT2D eigenvalue weighted by Crippen LogP contribution is 2.21. The van der Waals surface area contributed by atoms with Crippen molar-refractivity contribution in [3.05, 3.63) is 0 Å². The van der Waals surface area contributed by atoms with Crippen molar-refractivity contribution < 1.29 is 22.6 Å². The van der Waals surface area contributed by atoms with Crippen LogP contribution in [0.25, 0.3) is 0 Å². The Morgan fingerprint density at radius 2 is 2.04 bits per heavy atom. The molecule has 6 nitrogen and oxygen atoms in total. The minimum atomic E-state index is -4.15. The van der Waals surface area contributed by atoms with Crippen molar-refractivity contribution in [3.63, 3.8) is 0 Å². The van der Waals surface area contributed by atoms with E-state index in [9.17, 15) is 13.2 Å². The van der Waals surface area contributed by atoms with Gasteiger partial charge in [0.1, 0.15) is 6.10 Å². The molecule has 0 bridgehead atoms. The molecule has 2 saturated heterocycles. The second-order valence-electron chi connectivity index (χ2n) is 6.59. The Hall–Kier alpha value is -1.06. The van der Waals surface area contributed by atoms with E-state index in [0.717, 1.165) is 38.5 Å². The Morgan fingerprint density at radius 1 is 1.28 bits per heavy atom. The molecule has 2 aliphatic heterocycles. The summed E-state index contributed by atoms with van der Waals surface area (Å²) in [7, 11) is 3.20. The zero-order valence-electron chi connectivity index (χ0n) is 15.0. The topological polar surface area (TPSA) is 49.3 Å². The standard InChI is InChI=1S/C16H29F3N4O2/c1-20-15(21-6-4-7-22(2)12-16(17,18)19)23-8-10-25-14(11-23)13-5-3-9-24-13/h13-14H,3-12H2,1-2H3,(H,20,21). The number of alkyl halides is 3. The zero-order chi connectivity index (χ0) is 18.3. The summed E-state index contributed by atoms with van der Waals surface area (Å²) in [6.45, 7) is 2.97. The van der Waals surface area contributed by atoms with E-state index in [2.05, 4.69) is 15.2 Å². The number of ether oxygens (including phenoxy) is 2. The smallest absolute Gasteiger partial charge is 0.375 e. The first kappa shape index (κ1) is 20.3. The number of morpholine rings is 1. The van der Waals surface area contributed by atoms with Gasteiger partial charge in [-0.05, 0) is 32.9 Å². The fraction of sp³-hybridized carbons (Fsp3) is 0.938. The molecule has 2 atom stereocenters. The van der Waals surface area contributed by atoms with Gasteiger partial charge < -0.3 is 19.7 Å². The molecule has 2 heterocycles. The van der Waals surface area contributed by atoms with E-state index in [1.165, 1.54) is 11.9 Å². The lowest BCUT2D eigenvalue weighted by molar-refractivity contribution is -0.143. The Bertz CT molecular complexity index is 428. The fourth-order valence-corrected chi connectivity index (χ4v) is 3.26. The number of rotatable bonds is 6. The summed E-state index contributed by atoms with van der Waals surface area (Å²) in [4.78, 5) is 7.71. The highest BCUT2D eigenvalue weighted by atomic mass is 19.4. The van der Waals surface area contributed by atoms with E-state index in [1.807, 2.05) is 0 Å². The summed E-state index contributed by atoms with van der Waals surface area (Å²) in [6.07, 6.45) is -1.24. The van der Waals surface area contributed by atoms with Crippen LogP contribution in [0.15, 0.2) is 4.99 Å². The molecule has 25 heavy (non-hydrogen) atoms. The maximum absolute atomic E-state index is 12.3. The Morgan fingerprint density at radius 3 is 2.68 bits per heavy atom. The SMILES string of the molecule is CN=C(NCCCN(C)CC(F)(F)F)N1CCOC(C2CCCO2)C1. The van der Waals surface area contributed by atoms with Crippen LogP contribution in [-0.2, 0) is 9.47 Å². The number of nitrogens with one attached hydrogen (secondary N) is 1. The summed E-state index contributed by atoms with van der Waals surface area (Å²) in [5.74, 6) is 0.768. The van der Waals surface area contributed by atoms with Crippen LogP contribution in [-0.4, -0.2) is 94.2 Å². The second kappa shape index (κ2) is 9.59. The average Bonchev–Trinajstić information content (AvgIpc) is 3.08. The van der Waals surface area contributed by atoms with Gasteiger partial charge in [0.05, 0.1) is 19.3 Å². The van der Waals surface area contributed by atoms with Crippen molar-refractivity contribution in [1.82, 2.24) is 15.1 Å². The molecule has 2 unspecified atom stereocenters. The quantitative estimate of drug-likeness (QED) is 0.437. The molecule has 146 valence electrons. The third kappa shape index (κ3) is 6.99. The molecule has 9 heteroatoms. The van der Waals surface area contributed by atoms with Gasteiger partial charge in [0.15, 0.2) is 5.96 Å². The van der Waals surface area contributed by atoms with Gasteiger partial charge in [0, 0.05) is 33.3 Å². The van der Waals surface area contributed by atoms with Gasteiger partial charge in [0.2, 0.25) is 0 Å². The molecule has 2 fully saturated rings. The first-order valence-corrected chi connectivity index (χ1v) is 8.83. The van der Waals surface area contributed by atoms with Gasteiger partial charge in [-0.15, -0.1) is 0 Å². The van der Waals surface area contributed by atoms with E-state index >= 15 is 0 Å². The van der Waals surface area contributed by atoms with Crippen molar-refractivity contribution in [2.45, 2.75) is 37.6 Å². The van der Waals surface area contributed by atoms with Crippen LogP contribution >= 0.6 is 0 Å². The van der Waals surface area contributed by atoms with Crippen LogP contribution in [0.4, 0.5) is 13.2 Å². The van der Waals surface area contributed by atoms with E-state index in [1.54, 1.807) is 7.05 Å². The minimum Gasteiger partial charge on any atom is -0.375 e. The third-order valence-electron chi connectivity index (χ3n) is 4.43. The molecule has 2 rings (SSSR count). The molecule has 0 aliphatic carbocycles. The Labute approximate surface area is 147 Å². The molecule has 0 amide bonds. The molecule has 2 aliphatic rings. The molecular formula is C16H29F3N4O2. The van der Waals surface area contributed by atoms with E-state index in [0.29, 0.717) is 26.1 Å². The molecule has 0 aromatic rings. The van der Waals surface area contributed by atoms with E-state index < -0.39 is 12.7 Å². The van der Waals surface area contributed by atoms with Crippen LogP contribution < -0.4 is 5.32 Å². The largest absolute Gasteiger partial charge is 0.401 e. The normalized spacial score (nSPS) is 25.7. The maximum atomic E-state index is 12.3. The predicted molar refractivity (Wildman–Crippen MR) is 89.8 cm³/mol. The first-order valence-electron chi connectivity index (χ1n) is 8.83. The summed E-state index contributed by atoms with van der Waals surface area (Å²) < 4.78 is 48.4. The number of halogens is 3. The summed E-state index contributed by atoms with van der Waals surface area (Å²) in [6, 6.07) is 0. The fourth-order valence-electron chi connectivity index (χ4n) is 3.26. The van der Waals surface area contributed by atoms with Gasteiger partial charge >= 0.3 is 6.18 Å². The number of hydrogen-bond donors (Lipinski definition) is 1. The van der Waals surface area contributed by atoms with Crippen LogP contribution in [0.2, 0.25) is 0 Å². The minimum absolute atomic E-state index is 0.0488. The monoisotopic (exact) mass is 366 g/mol. The van der Waals surface area contributed by atoms with Crippen molar-refractivity contribution >= 4 is 5.96 Å². The van der Waals surface area contributed by atoms with Crippen LogP contribution in [0.3, 0.4) is 0 Å². The van der Waals surface area contributed by atoms with Gasteiger partial charge in [-0.3, -0.25) is 9.89 Å². The van der Waals surface area contributed by atoms with Gasteiger partial charge in [-0.2, -0.15) is 13.2 Å². The molecule has 1 N–H and O–H groups in total. The number of nitrogens with zero attached hydrogens (tertiary/aromatic N) is 3. The third-order valence-corrected chi connectivity index (χ3v) is 4.43.